The van der Waals surface area contributed by atoms with Crippen LogP contribution in [-0.2, 0) is 0 Å². The molecule has 0 saturated heterocycles. The fourth-order valence-corrected chi connectivity index (χ4v) is 2.76. The zero-order valence-electron chi connectivity index (χ0n) is 16.7. The molecule has 0 saturated carbocycles. The fourth-order valence-electron chi connectivity index (χ4n) is 2.76. The summed E-state index contributed by atoms with van der Waals surface area (Å²) in [5.74, 6) is 1.76. The molecule has 1 amide bonds. The summed E-state index contributed by atoms with van der Waals surface area (Å²) in [6, 6.07) is 16.7. The minimum absolute atomic E-state index is 0.251. The van der Waals surface area contributed by atoms with Crippen LogP contribution in [0.2, 0.25) is 0 Å². The topological polar surface area (TPSA) is 85.4 Å². The molecule has 0 aliphatic heterocycles. The SMILES string of the molecule is COc1ccc(OCCNC(=O)c2ccc(Nc3c(C)cccc3C)nn2)cc1. The molecule has 0 unspecified atom stereocenters. The second-order valence-corrected chi connectivity index (χ2v) is 6.48. The lowest BCUT2D eigenvalue weighted by Crippen LogP contribution is -2.29. The summed E-state index contributed by atoms with van der Waals surface area (Å²) in [5.41, 5.74) is 3.48. The Bertz CT molecular complexity index is 937. The van der Waals surface area contributed by atoms with Crippen LogP contribution in [0.3, 0.4) is 0 Å². The van der Waals surface area contributed by atoms with Crippen LogP contribution in [0.25, 0.3) is 0 Å². The van der Waals surface area contributed by atoms with Gasteiger partial charge in [0.25, 0.3) is 5.91 Å². The van der Waals surface area contributed by atoms with E-state index in [2.05, 4.69) is 20.8 Å². The Labute approximate surface area is 170 Å². The smallest absolute Gasteiger partial charge is 0.271 e. The highest BCUT2D eigenvalue weighted by atomic mass is 16.5. The lowest BCUT2D eigenvalue weighted by molar-refractivity contribution is 0.0941. The quantitative estimate of drug-likeness (QED) is 0.569. The van der Waals surface area contributed by atoms with Crippen molar-refractivity contribution in [3.63, 3.8) is 0 Å². The lowest BCUT2D eigenvalue weighted by Gasteiger charge is -2.11. The van der Waals surface area contributed by atoms with Gasteiger partial charge < -0.3 is 20.1 Å². The zero-order chi connectivity index (χ0) is 20.6. The van der Waals surface area contributed by atoms with Gasteiger partial charge >= 0.3 is 0 Å². The maximum atomic E-state index is 12.2. The number of methoxy groups -OCH3 is 1. The lowest BCUT2D eigenvalue weighted by atomic mass is 10.1. The van der Waals surface area contributed by atoms with Crippen molar-refractivity contribution in [2.45, 2.75) is 13.8 Å². The van der Waals surface area contributed by atoms with E-state index in [0.717, 1.165) is 22.6 Å². The molecule has 1 aromatic heterocycles. The Morgan fingerprint density at radius 2 is 1.62 bits per heavy atom. The number of hydrogen-bond donors (Lipinski definition) is 2. The average Bonchev–Trinajstić information content (AvgIpc) is 2.74. The number of ether oxygens (including phenoxy) is 2. The second-order valence-electron chi connectivity index (χ2n) is 6.48. The van der Waals surface area contributed by atoms with Gasteiger partial charge in [0, 0.05) is 5.69 Å². The predicted molar refractivity (Wildman–Crippen MR) is 112 cm³/mol. The van der Waals surface area contributed by atoms with Gasteiger partial charge in [0.1, 0.15) is 18.1 Å². The Morgan fingerprint density at radius 1 is 0.931 bits per heavy atom. The number of nitrogens with zero attached hydrogens (tertiary/aromatic N) is 2. The number of nitrogens with one attached hydrogen (secondary N) is 2. The molecular weight excluding hydrogens is 368 g/mol. The van der Waals surface area contributed by atoms with Gasteiger partial charge in [-0.15, -0.1) is 10.2 Å². The third-order valence-electron chi connectivity index (χ3n) is 4.35. The fraction of sp³-hybridized carbons (Fsp3) is 0.227. The summed E-state index contributed by atoms with van der Waals surface area (Å²) in [6.45, 7) is 4.75. The molecule has 0 atom stereocenters. The van der Waals surface area contributed by atoms with E-state index < -0.39 is 0 Å². The number of carbonyl (C=O) groups is 1. The molecule has 3 rings (SSSR count). The number of amides is 1. The molecule has 7 nitrogen and oxygen atoms in total. The number of rotatable bonds is 8. The van der Waals surface area contributed by atoms with Crippen LogP contribution in [-0.4, -0.2) is 36.4 Å². The second kappa shape index (κ2) is 9.54. The summed E-state index contributed by atoms with van der Waals surface area (Å²) >= 11 is 0. The molecule has 2 N–H and O–H groups in total. The van der Waals surface area contributed by atoms with E-state index in [-0.39, 0.29) is 11.6 Å². The average molecular weight is 392 g/mol. The van der Waals surface area contributed by atoms with E-state index in [1.165, 1.54) is 0 Å². The Hall–Kier alpha value is -3.61. The van der Waals surface area contributed by atoms with Crippen molar-refractivity contribution in [2.24, 2.45) is 0 Å². The molecule has 2 aromatic carbocycles. The number of aromatic nitrogens is 2. The zero-order valence-corrected chi connectivity index (χ0v) is 16.7. The first-order valence-electron chi connectivity index (χ1n) is 9.29. The van der Waals surface area contributed by atoms with Crippen LogP contribution in [0.5, 0.6) is 11.5 Å². The third kappa shape index (κ3) is 5.44. The van der Waals surface area contributed by atoms with Crippen LogP contribution in [0.4, 0.5) is 11.5 Å². The molecule has 0 spiro atoms. The van der Waals surface area contributed by atoms with E-state index in [0.29, 0.717) is 24.7 Å². The largest absolute Gasteiger partial charge is 0.497 e. The van der Waals surface area contributed by atoms with Gasteiger partial charge in [-0.05, 0) is 61.4 Å². The molecule has 0 bridgehead atoms. The number of hydrogen-bond acceptors (Lipinski definition) is 6. The van der Waals surface area contributed by atoms with Crippen molar-refractivity contribution in [3.8, 4) is 11.5 Å². The van der Waals surface area contributed by atoms with Crippen molar-refractivity contribution in [3.05, 3.63) is 71.4 Å². The summed E-state index contributed by atoms with van der Waals surface area (Å²) in [5, 5.41) is 14.1. The van der Waals surface area contributed by atoms with E-state index >= 15 is 0 Å². The van der Waals surface area contributed by atoms with E-state index in [4.69, 9.17) is 9.47 Å². The predicted octanol–water partition coefficient (Wildman–Crippen LogP) is 3.65. The third-order valence-corrected chi connectivity index (χ3v) is 4.35. The minimum atomic E-state index is -0.297. The van der Waals surface area contributed by atoms with Crippen molar-refractivity contribution in [1.82, 2.24) is 15.5 Å². The number of aryl methyl sites for hydroxylation is 2. The van der Waals surface area contributed by atoms with Crippen molar-refractivity contribution in [2.75, 3.05) is 25.6 Å². The Balaban J connectivity index is 1.48. The highest BCUT2D eigenvalue weighted by Gasteiger charge is 2.09. The molecule has 1 heterocycles. The minimum Gasteiger partial charge on any atom is -0.497 e. The first-order chi connectivity index (χ1) is 14.1. The van der Waals surface area contributed by atoms with Gasteiger partial charge in [-0.1, -0.05) is 18.2 Å². The maximum Gasteiger partial charge on any atom is 0.271 e. The number of para-hydroxylation sites is 1. The van der Waals surface area contributed by atoms with Crippen LogP contribution in [0, 0.1) is 13.8 Å². The van der Waals surface area contributed by atoms with Crippen molar-refractivity contribution >= 4 is 17.4 Å². The number of carbonyl (C=O) groups excluding carboxylic acids is 1. The molecule has 0 radical (unpaired) electrons. The van der Waals surface area contributed by atoms with Gasteiger partial charge in [-0.2, -0.15) is 0 Å². The van der Waals surface area contributed by atoms with Gasteiger partial charge in [0.05, 0.1) is 13.7 Å². The highest BCUT2D eigenvalue weighted by Crippen LogP contribution is 2.22. The van der Waals surface area contributed by atoms with Gasteiger partial charge in [0.15, 0.2) is 11.5 Å². The van der Waals surface area contributed by atoms with E-state index in [1.54, 1.807) is 19.2 Å². The maximum absolute atomic E-state index is 12.2. The summed E-state index contributed by atoms with van der Waals surface area (Å²) in [4.78, 5) is 12.2. The standard InChI is InChI=1S/C22H24N4O3/c1-15-5-4-6-16(2)21(15)24-20-12-11-19(25-26-20)22(27)23-13-14-29-18-9-7-17(28-3)8-10-18/h4-12H,13-14H2,1-3H3,(H,23,27)(H,24,26). The molecular formula is C22H24N4O3. The Morgan fingerprint density at radius 3 is 2.24 bits per heavy atom. The molecule has 7 heteroatoms. The van der Waals surface area contributed by atoms with E-state index in [1.807, 2.05) is 56.3 Å². The van der Waals surface area contributed by atoms with Crippen molar-refractivity contribution < 1.29 is 14.3 Å². The molecule has 150 valence electrons. The summed E-state index contributed by atoms with van der Waals surface area (Å²) < 4.78 is 10.7. The van der Waals surface area contributed by atoms with Crippen LogP contribution in [0.15, 0.2) is 54.6 Å². The number of benzene rings is 2. The first-order valence-corrected chi connectivity index (χ1v) is 9.29. The van der Waals surface area contributed by atoms with Crippen LogP contribution in [0.1, 0.15) is 21.6 Å². The normalized spacial score (nSPS) is 10.3. The summed E-state index contributed by atoms with van der Waals surface area (Å²) in [7, 11) is 1.61. The van der Waals surface area contributed by atoms with Crippen LogP contribution >= 0.6 is 0 Å². The van der Waals surface area contributed by atoms with Gasteiger partial charge in [0.2, 0.25) is 0 Å². The van der Waals surface area contributed by atoms with E-state index in [9.17, 15) is 4.79 Å². The molecule has 0 aliphatic rings. The monoisotopic (exact) mass is 392 g/mol. The molecule has 29 heavy (non-hydrogen) atoms. The Kier molecular flexibility index (Phi) is 6.63. The van der Waals surface area contributed by atoms with Crippen molar-refractivity contribution in [1.29, 1.82) is 0 Å². The highest BCUT2D eigenvalue weighted by molar-refractivity contribution is 5.92. The first kappa shape index (κ1) is 20.1. The molecule has 3 aromatic rings. The molecule has 0 fully saturated rings. The van der Waals surface area contributed by atoms with Gasteiger partial charge in [-0.25, -0.2) is 0 Å². The van der Waals surface area contributed by atoms with Crippen LogP contribution < -0.4 is 20.1 Å². The molecule has 0 aliphatic carbocycles. The van der Waals surface area contributed by atoms with Gasteiger partial charge in [-0.3, -0.25) is 4.79 Å². The number of anilines is 2. The summed E-state index contributed by atoms with van der Waals surface area (Å²) in [6.07, 6.45) is 0.